The molecule has 0 heterocycles. The van der Waals surface area contributed by atoms with Gasteiger partial charge in [-0.1, -0.05) is 12.1 Å². The van der Waals surface area contributed by atoms with Gasteiger partial charge in [0.25, 0.3) is 5.69 Å². The number of nitro benzene ring substituents is 1. The summed E-state index contributed by atoms with van der Waals surface area (Å²) in [6.45, 7) is 1.32. The van der Waals surface area contributed by atoms with E-state index in [-0.39, 0.29) is 11.5 Å². The van der Waals surface area contributed by atoms with Crippen molar-refractivity contribution in [3.8, 4) is 0 Å². The van der Waals surface area contributed by atoms with Gasteiger partial charge in [0, 0.05) is 12.1 Å². The van der Waals surface area contributed by atoms with Gasteiger partial charge in [-0.3, -0.25) is 14.9 Å². The van der Waals surface area contributed by atoms with E-state index in [9.17, 15) is 14.9 Å². The van der Waals surface area contributed by atoms with Crippen LogP contribution in [0.15, 0.2) is 24.3 Å². The second kappa shape index (κ2) is 5.27. The van der Waals surface area contributed by atoms with E-state index in [1.165, 1.54) is 25.1 Å². The summed E-state index contributed by atoms with van der Waals surface area (Å²) in [4.78, 5) is 21.0. The fourth-order valence-electron chi connectivity index (χ4n) is 1.18. The highest BCUT2D eigenvalue weighted by Crippen LogP contribution is 2.30. The zero-order chi connectivity index (χ0) is 12.3. The molecule has 6 heteroatoms. The molecule has 0 radical (unpaired) electrons. The van der Waals surface area contributed by atoms with Gasteiger partial charge >= 0.3 is 0 Å². The van der Waals surface area contributed by atoms with Gasteiger partial charge in [-0.2, -0.15) is 0 Å². The Kier molecular flexibility index (Phi) is 4.26. The monoisotopic (exact) mass is 261 g/mol. The van der Waals surface area contributed by atoms with E-state index in [4.69, 9.17) is 23.2 Å². The third kappa shape index (κ3) is 2.93. The lowest BCUT2D eigenvalue weighted by Gasteiger charge is -2.13. The molecule has 1 aromatic rings. The Morgan fingerprint density at radius 3 is 2.56 bits per heavy atom. The zero-order valence-corrected chi connectivity index (χ0v) is 9.90. The van der Waals surface area contributed by atoms with Crippen molar-refractivity contribution in [2.24, 2.45) is 0 Å². The highest BCUT2D eigenvalue weighted by molar-refractivity contribution is 6.37. The number of ketones is 1. The van der Waals surface area contributed by atoms with Crippen LogP contribution in [0, 0.1) is 10.1 Å². The van der Waals surface area contributed by atoms with E-state index < -0.39 is 15.7 Å². The Balaban J connectivity index is 3.00. The predicted molar refractivity (Wildman–Crippen MR) is 62.0 cm³/mol. The van der Waals surface area contributed by atoms with Crippen LogP contribution in [0.1, 0.15) is 17.9 Å². The first-order chi connectivity index (χ1) is 7.43. The molecule has 2 unspecified atom stereocenters. The van der Waals surface area contributed by atoms with Gasteiger partial charge in [-0.15, -0.1) is 23.2 Å². The van der Waals surface area contributed by atoms with Crippen molar-refractivity contribution in [3.05, 3.63) is 39.9 Å². The van der Waals surface area contributed by atoms with E-state index in [1.54, 1.807) is 6.07 Å². The summed E-state index contributed by atoms with van der Waals surface area (Å²) < 4.78 is 0. The number of nitro groups is 1. The summed E-state index contributed by atoms with van der Waals surface area (Å²) in [5.74, 6) is -0.270. The third-order valence-electron chi connectivity index (χ3n) is 2.04. The van der Waals surface area contributed by atoms with Crippen LogP contribution in [0.3, 0.4) is 0 Å². The molecule has 0 fully saturated rings. The second-order valence-corrected chi connectivity index (χ2v) is 4.21. The molecule has 4 nitrogen and oxygen atoms in total. The van der Waals surface area contributed by atoms with Crippen molar-refractivity contribution < 1.29 is 9.72 Å². The largest absolute Gasteiger partial charge is 0.298 e. The van der Waals surface area contributed by atoms with Crippen LogP contribution in [-0.4, -0.2) is 16.1 Å². The minimum atomic E-state index is -0.885. The number of hydrogen-bond donors (Lipinski definition) is 0. The molecule has 2 atom stereocenters. The number of alkyl halides is 2. The topological polar surface area (TPSA) is 60.2 Å². The highest BCUT2D eigenvalue weighted by atomic mass is 35.5. The average molecular weight is 262 g/mol. The molecule has 1 aromatic carbocycles. The van der Waals surface area contributed by atoms with Crippen molar-refractivity contribution >= 4 is 34.7 Å². The van der Waals surface area contributed by atoms with Crippen LogP contribution < -0.4 is 0 Å². The van der Waals surface area contributed by atoms with Gasteiger partial charge < -0.3 is 0 Å². The maximum Gasteiger partial charge on any atom is 0.269 e. The number of Topliss-reactive ketones (excluding diaryl/α,β-unsaturated/α-hetero) is 1. The lowest BCUT2D eigenvalue weighted by atomic mass is 10.1. The van der Waals surface area contributed by atoms with Crippen molar-refractivity contribution in [1.29, 1.82) is 0 Å². The van der Waals surface area contributed by atoms with Crippen LogP contribution >= 0.6 is 23.2 Å². The van der Waals surface area contributed by atoms with E-state index in [2.05, 4.69) is 0 Å². The Morgan fingerprint density at radius 2 is 2.06 bits per heavy atom. The lowest BCUT2D eigenvalue weighted by molar-refractivity contribution is -0.384. The van der Waals surface area contributed by atoms with E-state index in [1.807, 2.05) is 0 Å². The molecular weight excluding hydrogens is 253 g/mol. The predicted octanol–water partition coefficient (Wildman–Crippen LogP) is 3.07. The SMILES string of the molecule is CC(=O)C(Cl)C(Cl)c1cccc([N+](=O)[O-])c1. The lowest BCUT2D eigenvalue weighted by Crippen LogP contribution is -2.16. The van der Waals surface area contributed by atoms with E-state index >= 15 is 0 Å². The first-order valence-electron chi connectivity index (χ1n) is 4.46. The van der Waals surface area contributed by atoms with Gasteiger partial charge in [-0.05, 0) is 12.5 Å². The molecule has 0 aromatic heterocycles. The van der Waals surface area contributed by atoms with Crippen LogP contribution in [0.5, 0.6) is 0 Å². The number of carbonyl (C=O) groups excluding carboxylic acids is 1. The maximum atomic E-state index is 11.0. The first-order valence-corrected chi connectivity index (χ1v) is 5.33. The number of rotatable bonds is 4. The minimum absolute atomic E-state index is 0.0735. The summed E-state index contributed by atoms with van der Waals surface area (Å²) in [6, 6.07) is 5.77. The van der Waals surface area contributed by atoms with Crippen molar-refractivity contribution in [2.75, 3.05) is 0 Å². The van der Waals surface area contributed by atoms with Gasteiger partial charge in [0.1, 0.15) is 11.2 Å². The van der Waals surface area contributed by atoms with Crippen LogP contribution in [0.2, 0.25) is 0 Å². The van der Waals surface area contributed by atoms with Gasteiger partial charge in [0.05, 0.1) is 10.3 Å². The molecule has 0 N–H and O–H groups in total. The molecule has 16 heavy (non-hydrogen) atoms. The fraction of sp³-hybridized carbons (Fsp3) is 0.300. The molecule has 0 saturated carbocycles. The zero-order valence-electron chi connectivity index (χ0n) is 8.39. The fourth-order valence-corrected chi connectivity index (χ4v) is 1.64. The average Bonchev–Trinajstić information content (AvgIpc) is 2.27. The molecular formula is C10H9Cl2NO3. The summed E-state index contributed by atoms with van der Waals surface area (Å²) in [7, 11) is 0. The first kappa shape index (κ1) is 12.9. The molecule has 0 aliphatic heterocycles. The van der Waals surface area contributed by atoms with Crippen molar-refractivity contribution in [3.63, 3.8) is 0 Å². The molecule has 0 spiro atoms. The van der Waals surface area contributed by atoms with Crippen LogP contribution in [0.25, 0.3) is 0 Å². The summed E-state index contributed by atoms with van der Waals surface area (Å²) in [5, 5.41) is 8.89. The number of benzene rings is 1. The Morgan fingerprint density at radius 1 is 1.44 bits per heavy atom. The molecule has 0 aliphatic rings. The Hall–Kier alpha value is -1.13. The quantitative estimate of drug-likeness (QED) is 0.476. The van der Waals surface area contributed by atoms with Gasteiger partial charge in [0.2, 0.25) is 0 Å². The second-order valence-electron chi connectivity index (χ2n) is 3.27. The Labute approximate surface area is 102 Å². The molecule has 0 amide bonds. The van der Waals surface area contributed by atoms with Gasteiger partial charge in [0.15, 0.2) is 0 Å². The molecule has 0 bridgehead atoms. The summed E-state index contributed by atoms with van der Waals surface area (Å²) in [5.41, 5.74) is 0.390. The molecule has 86 valence electrons. The minimum Gasteiger partial charge on any atom is -0.298 e. The maximum absolute atomic E-state index is 11.0. The normalized spacial score (nSPS) is 14.2. The van der Waals surface area contributed by atoms with Crippen LogP contribution in [-0.2, 0) is 4.79 Å². The number of hydrogen-bond acceptors (Lipinski definition) is 3. The Bertz CT molecular complexity index is 422. The molecule has 0 aliphatic carbocycles. The van der Waals surface area contributed by atoms with Crippen molar-refractivity contribution in [2.45, 2.75) is 17.7 Å². The number of halogens is 2. The van der Waals surface area contributed by atoms with E-state index in [0.29, 0.717) is 5.56 Å². The number of carbonyl (C=O) groups is 1. The smallest absolute Gasteiger partial charge is 0.269 e. The number of nitrogens with zero attached hydrogens (tertiary/aromatic N) is 1. The molecule has 1 rings (SSSR count). The van der Waals surface area contributed by atoms with Crippen molar-refractivity contribution in [1.82, 2.24) is 0 Å². The van der Waals surface area contributed by atoms with Gasteiger partial charge in [-0.25, -0.2) is 0 Å². The van der Waals surface area contributed by atoms with E-state index in [0.717, 1.165) is 0 Å². The standard InChI is InChI=1S/C10H9Cl2NO3/c1-6(14)9(11)10(12)7-3-2-4-8(5-7)13(15)16/h2-5,9-10H,1H3. The summed E-state index contributed by atoms with van der Waals surface area (Å²) >= 11 is 11.7. The number of non-ortho nitro benzene ring substituents is 1. The highest BCUT2D eigenvalue weighted by Gasteiger charge is 2.23. The summed E-state index contributed by atoms with van der Waals surface area (Å²) in [6.07, 6.45) is 0. The van der Waals surface area contributed by atoms with Crippen LogP contribution in [0.4, 0.5) is 5.69 Å². The third-order valence-corrected chi connectivity index (χ3v) is 3.24. The molecule has 0 saturated heterocycles.